The molecular formula is C32H30FN3O5. The topological polar surface area (TPSA) is 100 Å². The monoisotopic (exact) mass is 555 g/mol. The van der Waals surface area contributed by atoms with E-state index in [1.807, 2.05) is 18.2 Å². The Labute approximate surface area is 237 Å². The molecule has 1 aliphatic rings. The Kier molecular flexibility index (Phi) is 7.70. The highest BCUT2D eigenvalue weighted by molar-refractivity contribution is 6.12. The van der Waals surface area contributed by atoms with E-state index < -0.39 is 17.9 Å². The average molecular weight is 556 g/mol. The molecule has 1 fully saturated rings. The maximum Gasteiger partial charge on any atom is 0.407 e. The first-order chi connectivity index (χ1) is 19.7. The normalized spacial score (nSPS) is 14.7. The Hall–Kier alpha value is -4.79. The summed E-state index contributed by atoms with van der Waals surface area (Å²) in [6, 6.07) is 16.8. The SMILES string of the molecule is COC(=O)c1cccc(-c2ccc3ncc(-c4cc(C)cc(F)c4)c(C(=O)N(C)C[C@@H]4CCCN4C(=O)O)c3c2)c1. The van der Waals surface area contributed by atoms with Crippen molar-refractivity contribution in [1.29, 1.82) is 0 Å². The molecule has 1 N–H and O–H groups in total. The Bertz CT molecular complexity index is 1650. The van der Waals surface area contributed by atoms with Crippen LogP contribution in [0.15, 0.2) is 66.9 Å². The Balaban J connectivity index is 1.65. The molecule has 0 spiro atoms. The number of carbonyl (C=O) groups is 3. The third kappa shape index (κ3) is 5.61. The smallest absolute Gasteiger partial charge is 0.407 e. The number of hydrogen-bond donors (Lipinski definition) is 1. The van der Waals surface area contributed by atoms with Gasteiger partial charge in [0.15, 0.2) is 0 Å². The highest BCUT2D eigenvalue weighted by Gasteiger charge is 2.31. The molecule has 1 saturated heterocycles. The van der Waals surface area contributed by atoms with Crippen LogP contribution in [0.25, 0.3) is 33.2 Å². The number of pyridine rings is 1. The van der Waals surface area contributed by atoms with E-state index in [9.17, 15) is 23.9 Å². The predicted molar refractivity (Wildman–Crippen MR) is 153 cm³/mol. The molecule has 2 amide bonds. The van der Waals surface area contributed by atoms with Crippen LogP contribution in [-0.2, 0) is 4.74 Å². The Morgan fingerprint density at radius 1 is 1.07 bits per heavy atom. The first-order valence-corrected chi connectivity index (χ1v) is 13.3. The zero-order valence-corrected chi connectivity index (χ0v) is 23.1. The number of aryl methyl sites for hydroxylation is 1. The van der Waals surface area contributed by atoms with Gasteiger partial charge in [0.05, 0.1) is 29.8 Å². The van der Waals surface area contributed by atoms with Crippen LogP contribution in [0.5, 0.6) is 0 Å². The lowest BCUT2D eigenvalue weighted by molar-refractivity contribution is 0.0600. The number of hydrogen-bond acceptors (Lipinski definition) is 5. The third-order valence-corrected chi connectivity index (χ3v) is 7.51. The van der Waals surface area contributed by atoms with Gasteiger partial charge in [0.1, 0.15) is 5.82 Å². The third-order valence-electron chi connectivity index (χ3n) is 7.51. The molecular weight excluding hydrogens is 525 g/mol. The van der Waals surface area contributed by atoms with Crippen molar-refractivity contribution in [2.75, 3.05) is 27.2 Å². The van der Waals surface area contributed by atoms with Gasteiger partial charge in [-0.2, -0.15) is 0 Å². The molecule has 5 rings (SSSR count). The quantitative estimate of drug-likeness (QED) is 0.292. The largest absolute Gasteiger partial charge is 0.465 e. The maximum atomic E-state index is 14.5. The minimum atomic E-state index is -1.00. The lowest BCUT2D eigenvalue weighted by atomic mass is 9.93. The van der Waals surface area contributed by atoms with Crippen molar-refractivity contribution < 1.29 is 28.6 Å². The zero-order valence-electron chi connectivity index (χ0n) is 23.1. The fraction of sp³-hybridized carbons (Fsp3) is 0.250. The van der Waals surface area contributed by atoms with Crippen LogP contribution >= 0.6 is 0 Å². The van der Waals surface area contributed by atoms with Crippen molar-refractivity contribution >= 4 is 28.9 Å². The number of amides is 2. The summed E-state index contributed by atoms with van der Waals surface area (Å²) in [7, 11) is 2.97. The second-order valence-corrected chi connectivity index (χ2v) is 10.3. The van der Waals surface area contributed by atoms with E-state index in [4.69, 9.17) is 4.74 Å². The number of fused-ring (bicyclic) bond motifs is 1. The van der Waals surface area contributed by atoms with Gasteiger partial charge in [0, 0.05) is 37.3 Å². The van der Waals surface area contributed by atoms with Crippen molar-refractivity contribution in [3.8, 4) is 22.3 Å². The number of likely N-dealkylation sites (tertiary alicyclic amines) is 1. The van der Waals surface area contributed by atoms with Crippen molar-refractivity contribution in [3.63, 3.8) is 0 Å². The number of ether oxygens (including phenoxy) is 1. The standard InChI is InChI=1S/C32H30FN3O5/c1-19-12-23(15-24(33)13-19)27-17-34-28-10-9-21(20-6-4-7-22(14-20)31(38)41-3)16-26(28)29(27)30(37)35(2)18-25-8-5-11-36(25)32(39)40/h4,6-7,9-10,12-17,25H,5,8,11,18H2,1-3H3,(H,39,40)/t25-/m0/s1. The molecule has 2 heterocycles. The van der Waals surface area contributed by atoms with Gasteiger partial charge in [0.25, 0.3) is 5.91 Å². The van der Waals surface area contributed by atoms with Crippen LogP contribution in [-0.4, -0.2) is 71.1 Å². The Morgan fingerprint density at radius 3 is 2.59 bits per heavy atom. The molecule has 1 aliphatic heterocycles. The first kappa shape index (κ1) is 27.8. The molecule has 210 valence electrons. The fourth-order valence-electron chi connectivity index (χ4n) is 5.52. The maximum absolute atomic E-state index is 14.5. The molecule has 0 bridgehead atoms. The molecule has 3 aromatic carbocycles. The molecule has 9 heteroatoms. The van der Waals surface area contributed by atoms with Crippen LogP contribution in [0.3, 0.4) is 0 Å². The number of carboxylic acid groups (broad SMARTS) is 1. The van der Waals surface area contributed by atoms with Crippen LogP contribution in [0.2, 0.25) is 0 Å². The average Bonchev–Trinajstić information content (AvgIpc) is 3.43. The molecule has 1 aromatic heterocycles. The highest BCUT2D eigenvalue weighted by Crippen LogP contribution is 2.34. The number of methoxy groups -OCH3 is 1. The van der Waals surface area contributed by atoms with E-state index in [0.717, 1.165) is 17.5 Å². The van der Waals surface area contributed by atoms with Crippen LogP contribution in [0.1, 0.15) is 39.1 Å². The van der Waals surface area contributed by atoms with Gasteiger partial charge in [-0.25, -0.2) is 14.0 Å². The molecule has 0 unspecified atom stereocenters. The number of esters is 1. The molecule has 1 atom stereocenters. The molecule has 0 saturated carbocycles. The minimum absolute atomic E-state index is 0.220. The van der Waals surface area contributed by atoms with Crippen molar-refractivity contribution in [1.82, 2.24) is 14.8 Å². The van der Waals surface area contributed by atoms with E-state index in [1.54, 1.807) is 50.5 Å². The predicted octanol–water partition coefficient (Wildman–Crippen LogP) is 6.02. The summed E-state index contributed by atoms with van der Waals surface area (Å²) in [6.45, 7) is 2.43. The van der Waals surface area contributed by atoms with Gasteiger partial charge < -0.3 is 19.6 Å². The van der Waals surface area contributed by atoms with E-state index >= 15 is 0 Å². The molecule has 4 aromatic rings. The first-order valence-electron chi connectivity index (χ1n) is 13.3. The van der Waals surface area contributed by atoms with Gasteiger partial charge in [-0.1, -0.05) is 24.3 Å². The number of nitrogens with zero attached hydrogens (tertiary/aromatic N) is 3. The fourth-order valence-corrected chi connectivity index (χ4v) is 5.52. The summed E-state index contributed by atoms with van der Waals surface area (Å²) in [5.74, 6) is -1.21. The van der Waals surface area contributed by atoms with Crippen LogP contribution in [0.4, 0.5) is 9.18 Å². The molecule has 8 nitrogen and oxygen atoms in total. The van der Waals surface area contributed by atoms with Crippen LogP contribution in [0, 0.1) is 12.7 Å². The van der Waals surface area contributed by atoms with Gasteiger partial charge in [0.2, 0.25) is 0 Å². The summed E-state index contributed by atoms with van der Waals surface area (Å²) in [5.41, 5.74) is 4.48. The van der Waals surface area contributed by atoms with E-state index in [2.05, 4.69) is 4.98 Å². The van der Waals surface area contributed by atoms with Crippen molar-refractivity contribution in [2.45, 2.75) is 25.8 Å². The number of aromatic nitrogens is 1. The summed E-state index contributed by atoms with van der Waals surface area (Å²) in [5, 5.41) is 10.2. The summed E-state index contributed by atoms with van der Waals surface area (Å²) >= 11 is 0. The Morgan fingerprint density at radius 2 is 1.85 bits per heavy atom. The van der Waals surface area contributed by atoms with Gasteiger partial charge >= 0.3 is 12.1 Å². The van der Waals surface area contributed by atoms with E-state index in [-0.39, 0.29) is 18.5 Å². The summed E-state index contributed by atoms with van der Waals surface area (Å²) in [4.78, 5) is 45.6. The van der Waals surface area contributed by atoms with Crippen LogP contribution < -0.4 is 0 Å². The van der Waals surface area contributed by atoms with Gasteiger partial charge in [-0.05, 0) is 78.4 Å². The highest BCUT2D eigenvalue weighted by atomic mass is 19.1. The second-order valence-electron chi connectivity index (χ2n) is 10.3. The lowest BCUT2D eigenvalue weighted by Gasteiger charge is -2.28. The second kappa shape index (κ2) is 11.4. The zero-order chi connectivity index (χ0) is 29.3. The number of likely N-dealkylation sites (N-methyl/N-ethyl adjacent to an activating group) is 1. The number of halogens is 1. The number of benzene rings is 3. The summed E-state index contributed by atoms with van der Waals surface area (Å²) < 4.78 is 19.4. The van der Waals surface area contributed by atoms with Crippen molar-refractivity contribution in [3.05, 3.63) is 89.4 Å². The summed E-state index contributed by atoms with van der Waals surface area (Å²) in [6.07, 6.45) is 1.97. The minimum Gasteiger partial charge on any atom is -0.465 e. The van der Waals surface area contributed by atoms with E-state index in [1.165, 1.54) is 29.0 Å². The molecule has 0 radical (unpaired) electrons. The molecule has 41 heavy (non-hydrogen) atoms. The van der Waals surface area contributed by atoms with Gasteiger partial charge in [-0.3, -0.25) is 9.78 Å². The molecule has 0 aliphatic carbocycles. The number of rotatable bonds is 6. The van der Waals surface area contributed by atoms with Crippen molar-refractivity contribution in [2.24, 2.45) is 0 Å². The van der Waals surface area contributed by atoms with Gasteiger partial charge in [-0.15, -0.1) is 0 Å². The van der Waals surface area contributed by atoms with E-state index in [0.29, 0.717) is 51.7 Å². The lowest BCUT2D eigenvalue weighted by Crippen LogP contribution is -2.43. The number of carbonyl (C=O) groups excluding carboxylic acids is 2.